The van der Waals surface area contributed by atoms with E-state index in [9.17, 15) is 28.8 Å². The summed E-state index contributed by atoms with van der Waals surface area (Å²) in [5.74, 6) is -6.32. The van der Waals surface area contributed by atoms with Crippen molar-refractivity contribution in [3.05, 3.63) is 0 Å². The standard InChI is InChI=1S/C18H32N6O8S/c19-6-2-1-3-10(16(29)24-12(8-33)18(31)32)22-17(30)11(7-14(26)27)23-15(28)9(20)4-5-13(21)25/h9-12,33H,1-8,19-20H2,(H2,21,25)(H,22,30)(H,23,28)(H,24,29)(H,26,27)(H,31,32). The SMILES string of the molecule is NCCCCC(NC(=O)C(CC(=O)O)NC(=O)C(N)CCC(N)=O)C(=O)NC(CS)C(=O)O. The number of nitrogens with two attached hydrogens (primary N) is 3. The van der Waals surface area contributed by atoms with Crippen LogP contribution in [-0.2, 0) is 28.8 Å². The predicted octanol–water partition coefficient (Wildman–Crippen LogP) is -3.35. The second-order valence-electron chi connectivity index (χ2n) is 7.20. The molecule has 0 bridgehead atoms. The number of aliphatic carboxylic acids is 2. The highest BCUT2D eigenvalue weighted by molar-refractivity contribution is 7.80. The third-order valence-electron chi connectivity index (χ3n) is 4.43. The van der Waals surface area contributed by atoms with E-state index in [0.717, 1.165) is 0 Å². The normalized spacial score (nSPS) is 14.3. The third-order valence-corrected chi connectivity index (χ3v) is 4.79. The molecule has 4 atom stereocenters. The minimum Gasteiger partial charge on any atom is -0.481 e. The molecule has 0 aromatic heterocycles. The summed E-state index contributed by atoms with van der Waals surface area (Å²) >= 11 is 3.86. The van der Waals surface area contributed by atoms with Crippen molar-refractivity contribution < 1.29 is 39.0 Å². The van der Waals surface area contributed by atoms with Gasteiger partial charge in [-0.3, -0.25) is 24.0 Å². The Morgan fingerprint density at radius 2 is 1.36 bits per heavy atom. The molecule has 0 rings (SSSR count). The topological polar surface area (TPSA) is 257 Å². The summed E-state index contributed by atoms with van der Waals surface area (Å²) < 4.78 is 0. The van der Waals surface area contributed by atoms with Crippen molar-refractivity contribution in [2.75, 3.05) is 12.3 Å². The number of thiol groups is 1. The van der Waals surface area contributed by atoms with Crippen LogP contribution in [0.25, 0.3) is 0 Å². The van der Waals surface area contributed by atoms with Crippen LogP contribution in [0.5, 0.6) is 0 Å². The van der Waals surface area contributed by atoms with E-state index in [0.29, 0.717) is 19.4 Å². The largest absolute Gasteiger partial charge is 0.481 e. The number of carbonyl (C=O) groups excluding carboxylic acids is 4. The second kappa shape index (κ2) is 15.8. The van der Waals surface area contributed by atoms with Gasteiger partial charge in [-0.05, 0) is 32.2 Å². The maximum absolute atomic E-state index is 12.7. The first-order chi connectivity index (χ1) is 15.4. The zero-order chi connectivity index (χ0) is 25.6. The zero-order valence-corrected chi connectivity index (χ0v) is 18.9. The molecule has 0 aliphatic carbocycles. The Hall–Kier alpha value is -2.91. The first kappa shape index (κ1) is 30.1. The maximum atomic E-state index is 12.7. The van der Waals surface area contributed by atoms with Crippen molar-refractivity contribution in [2.45, 2.75) is 62.7 Å². The lowest BCUT2D eigenvalue weighted by atomic mass is 10.1. The molecule has 4 amide bonds. The summed E-state index contributed by atoms with van der Waals surface area (Å²) in [6.45, 7) is 0.317. The van der Waals surface area contributed by atoms with Crippen molar-refractivity contribution in [1.82, 2.24) is 16.0 Å². The lowest BCUT2D eigenvalue weighted by Gasteiger charge is -2.24. The monoisotopic (exact) mass is 492 g/mol. The fourth-order valence-electron chi connectivity index (χ4n) is 2.58. The number of primary amides is 1. The third kappa shape index (κ3) is 12.6. The minimum atomic E-state index is -1.58. The Morgan fingerprint density at radius 3 is 1.85 bits per heavy atom. The number of carboxylic acids is 2. The quantitative estimate of drug-likeness (QED) is 0.0719. The Bertz CT molecular complexity index is 722. The second-order valence-corrected chi connectivity index (χ2v) is 7.56. The fourth-order valence-corrected chi connectivity index (χ4v) is 2.83. The van der Waals surface area contributed by atoms with Gasteiger partial charge in [-0.25, -0.2) is 4.79 Å². The Morgan fingerprint density at radius 1 is 0.818 bits per heavy atom. The summed E-state index contributed by atoms with van der Waals surface area (Å²) in [6, 6.07) is -5.34. The van der Waals surface area contributed by atoms with E-state index >= 15 is 0 Å². The Balaban J connectivity index is 5.41. The van der Waals surface area contributed by atoms with Crippen LogP contribution in [0.15, 0.2) is 0 Å². The fraction of sp³-hybridized carbons (Fsp3) is 0.667. The van der Waals surface area contributed by atoms with Crippen LogP contribution >= 0.6 is 12.6 Å². The van der Waals surface area contributed by atoms with Gasteiger partial charge < -0.3 is 43.4 Å². The molecule has 11 N–H and O–H groups in total. The lowest BCUT2D eigenvalue weighted by Crippen LogP contribution is -2.57. The summed E-state index contributed by atoms with van der Waals surface area (Å²) in [4.78, 5) is 70.6. The van der Waals surface area contributed by atoms with Crippen LogP contribution in [0.2, 0.25) is 0 Å². The number of hydrogen-bond acceptors (Lipinski definition) is 9. The van der Waals surface area contributed by atoms with Gasteiger partial charge in [0, 0.05) is 12.2 Å². The lowest BCUT2D eigenvalue weighted by molar-refractivity contribution is -0.143. The van der Waals surface area contributed by atoms with Gasteiger partial charge in [0.2, 0.25) is 23.6 Å². The van der Waals surface area contributed by atoms with Gasteiger partial charge in [0.05, 0.1) is 12.5 Å². The van der Waals surface area contributed by atoms with Crippen LogP contribution in [-0.4, -0.2) is 82.2 Å². The molecule has 0 spiro atoms. The van der Waals surface area contributed by atoms with E-state index in [1.54, 1.807) is 0 Å². The van der Waals surface area contributed by atoms with Crippen LogP contribution < -0.4 is 33.2 Å². The molecule has 0 aliphatic rings. The van der Waals surface area contributed by atoms with Gasteiger partial charge in [0.15, 0.2) is 0 Å². The smallest absolute Gasteiger partial charge is 0.327 e. The summed E-state index contributed by atoms with van der Waals surface area (Å²) in [5.41, 5.74) is 16.1. The maximum Gasteiger partial charge on any atom is 0.327 e. The molecule has 0 radical (unpaired) electrons. The van der Waals surface area contributed by atoms with Crippen molar-refractivity contribution in [1.29, 1.82) is 0 Å². The highest BCUT2D eigenvalue weighted by Crippen LogP contribution is 2.05. The molecule has 0 saturated heterocycles. The minimum absolute atomic E-state index is 0.0829. The average Bonchev–Trinajstić information content (AvgIpc) is 2.73. The van der Waals surface area contributed by atoms with Crippen LogP contribution in [0.3, 0.4) is 0 Å². The highest BCUT2D eigenvalue weighted by atomic mass is 32.1. The molecule has 0 heterocycles. The highest BCUT2D eigenvalue weighted by Gasteiger charge is 2.31. The number of nitrogens with one attached hydrogen (secondary N) is 3. The molecule has 0 fully saturated rings. The molecule has 15 heteroatoms. The zero-order valence-electron chi connectivity index (χ0n) is 18.0. The molecule has 0 aromatic carbocycles. The number of unbranched alkanes of at least 4 members (excludes halogenated alkanes) is 1. The van der Waals surface area contributed by atoms with Gasteiger partial charge in [-0.1, -0.05) is 0 Å². The molecular weight excluding hydrogens is 460 g/mol. The summed E-state index contributed by atoms with van der Waals surface area (Å²) in [7, 11) is 0. The van der Waals surface area contributed by atoms with Crippen molar-refractivity contribution in [3.63, 3.8) is 0 Å². The van der Waals surface area contributed by atoms with E-state index in [1.807, 2.05) is 0 Å². The van der Waals surface area contributed by atoms with E-state index in [2.05, 4.69) is 28.6 Å². The van der Waals surface area contributed by atoms with Gasteiger partial charge in [0.1, 0.15) is 18.1 Å². The summed E-state index contributed by atoms with van der Waals surface area (Å²) in [5, 5.41) is 25.0. The van der Waals surface area contributed by atoms with Crippen molar-refractivity contribution in [2.24, 2.45) is 17.2 Å². The van der Waals surface area contributed by atoms with Gasteiger partial charge in [-0.2, -0.15) is 12.6 Å². The number of hydrogen-bond donors (Lipinski definition) is 9. The molecule has 0 aliphatic heterocycles. The Labute approximate surface area is 195 Å². The van der Waals surface area contributed by atoms with Crippen LogP contribution in [0.1, 0.15) is 38.5 Å². The van der Waals surface area contributed by atoms with Gasteiger partial charge in [-0.15, -0.1) is 0 Å². The van der Waals surface area contributed by atoms with E-state index in [1.165, 1.54) is 0 Å². The Kier molecular flexibility index (Phi) is 14.4. The molecular formula is C18H32N6O8S. The average molecular weight is 493 g/mol. The first-order valence-corrected chi connectivity index (χ1v) is 10.8. The molecule has 4 unspecified atom stereocenters. The number of amides is 4. The molecule has 33 heavy (non-hydrogen) atoms. The molecule has 188 valence electrons. The number of carbonyl (C=O) groups is 6. The van der Waals surface area contributed by atoms with Crippen LogP contribution in [0, 0.1) is 0 Å². The van der Waals surface area contributed by atoms with Gasteiger partial charge in [0.25, 0.3) is 0 Å². The summed E-state index contributed by atoms with van der Waals surface area (Å²) in [6.07, 6.45) is -0.123. The first-order valence-electron chi connectivity index (χ1n) is 10.1. The predicted molar refractivity (Wildman–Crippen MR) is 119 cm³/mol. The van der Waals surface area contributed by atoms with E-state index in [4.69, 9.17) is 27.4 Å². The van der Waals surface area contributed by atoms with Crippen molar-refractivity contribution in [3.8, 4) is 0 Å². The molecule has 14 nitrogen and oxygen atoms in total. The van der Waals surface area contributed by atoms with Gasteiger partial charge >= 0.3 is 11.9 Å². The van der Waals surface area contributed by atoms with Crippen molar-refractivity contribution >= 4 is 48.2 Å². The number of rotatable bonds is 17. The molecule has 0 aromatic rings. The van der Waals surface area contributed by atoms with E-state index in [-0.39, 0.29) is 25.0 Å². The van der Waals surface area contributed by atoms with E-state index < -0.39 is 66.2 Å². The number of carboxylic acid groups (broad SMARTS) is 2. The molecule has 0 saturated carbocycles. The van der Waals surface area contributed by atoms with Crippen LogP contribution in [0.4, 0.5) is 0 Å².